The lowest BCUT2D eigenvalue weighted by Gasteiger charge is -2.14. The van der Waals surface area contributed by atoms with E-state index >= 15 is 0 Å². The molecule has 0 atom stereocenters. The molecule has 0 aromatic heterocycles. The smallest absolute Gasteiger partial charge is 0.240 e. The van der Waals surface area contributed by atoms with Gasteiger partial charge in [0.2, 0.25) is 10.0 Å². The molecule has 1 saturated carbocycles. The normalized spacial score (nSPS) is 16.9. The van der Waals surface area contributed by atoms with Gasteiger partial charge < -0.3 is 5.11 Å². The first-order chi connectivity index (χ1) is 9.04. The summed E-state index contributed by atoms with van der Waals surface area (Å²) in [5.41, 5.74) is 1.28. The molecule has 0 heterocycles. The van der Waals surface area contributed by atoms with E-state index in [2.05, 4.69) is 4.72 Å². The summed E-state index contributed by atoms with van der Waals surface area (Å²) >= 11 is 0. The summed E-state index contributed by atoms with van der Waals surface area (Å²) < 4.78 is 27.3. The van der Waals surface area contributed by atoms with Crippen LogP contribution in [0, 0.1) is 12.8 Å². The maximum atomic E-state index is 12.3. The molecule has 1 aliphatic rings. The average Bonchev–Trinajstić information content (AvgIpc) is 2.90. The Morgan fingerprint density at radius 1 is 1.32 bits per heavy atom. The van der Waals surface area contributed by atoms with Crippen molar-refractivity contribution in [2.24, 2.45) is 5.92 Å². The summed E-state index contributed by atoms with van der Waals surface area (Å²) in [5, 5.41) is 9.20. The minimum Gasteiger partial charge on any atom is -0.392 e. The predicted molar refractivity (Wildman–Crippen MR) is 74.2 cm³/mol. The van der Waals surface area contributed by atoms with Gasteiger partial charge in [-0.3, -0.25) is 0 Å². The molecule has 1 aromatic carbocycles. The molecule has 0 bridgehead atoms. The Morgan fingerprint density at radius 2 is 2.00 bits per heavy atom. The molecule has 0 unspecified atom stereocenters. The molecule has 1 aromatic rings. The second-order valence-corrected chi connectivity index (χ2v) is 6.94. The molecular formula is C14H21NO3S. The number of sulfonamides is 1. The van der Waals surface area contributed by atoms with E-state index in [4.69, 9.17) is 0 Å². The zero-order valence-electron chi connectivity index (χ0n) is 11.2. The monoisotopic (exact) mass is 283 g/mol. The first-order valence-electron chi connectivity index (χ1n) is 6.73. The van der Waals surface area contributed by atoms with E-state index in [9.17, 15) is 13.5 Å². The minimum atomic E-state index is -3.47. The van der Waals surface area contributed by atoms with Gasteiger partial charge in [-0.25, -0.2) is 13.1 Å². The molecule has 0 radical (unpaired) electrons. The molecule has 0 spiro atoms. The Labute approximate surface area is 114 Å². The highest BCUT2D eigenvalue weighted by molar-refractivity contribution is 7.89. The first kappa shape index (κ1) is 14.5. The fraction of sp³-hybridized carbons (Fsp3) is 0.571. The van der Waals surface area contributed by atoms with Gasteiger partial charge in [0.05, 0.1) is 11.5 Å². The molecule has 4 nitrogen and oxygen atoms in total. The van der Waals surface area contributed by atoms with Crippen molar-refractivity contribution in [3.63, 3.8) is 0 Å². The Kier molecular flexibility index (Phi) is 4.60. The molecule has 0 amide bonds. The maximum absolute atomic E-state index is 12.3. The lowest BCUT2D eigenvalue weighted by molar-refractivity contribution is 0.280. The summed E-state index contributed by atoms with van der Waals surface area (Å²) in [5.74, 6) is 0.469. The van der Waals surface area contributed by atoms with E-state index in [0.29, 0.717) is 23.6 Å². The summed E-state index contributed by atoms with van der Waals surface area (Å²) in [7, 11) is -3.47. The number of nitrogens with one attached hydrogen (secondary N) is 1. The van der Waals surface area contributed by atoms with Crippen LogP contribution in [0.1, 0.15) is 36.8 Å². The highest BCUT2D eigenvalue weighted by atomic mass is 32.2. The Morgan fingerprint density at radius 3 is 2.63 bits per heavy atom. The SMILES string of the molecule is Cc1c(CO)cccc1S(=O)(=O)NCC1CCCC1. The van der Waals surface area contributed by atoms with E-state index in [1.165, 1.54) is 12.8 Å². The number of aliphatic hydroxyl groups excluding tert-OH is 1. The van der Waals surface area contributed by atoms with Crippen molar-refractivity contribution in [2.75, 3.05) is 6.54 Å². The zero-order chi connectivity index (χ0) is 13.9. The number of hydrogen-bond donors (Lipinski definition) is 2. The van der Waals surface area contributed by atoms with E-state index < -0.39 is 10.0 Å². The van der Waals surface area contributed by atoms with Crippen LogP contribution in [-0.4, -0.2) is 20.1 Å². The van der Waals surface area contributed by atoms with Gasteiger partial charge >= 0.3 is 0 Å². The second kappa shape index (κ2) is 6.03. The van der Waals surface area contributed by atoms with Gasteiger partial charge in [0.1, 0.15) is 0 Å². The standard InChI is InChI=1S/C14H21NO3S/c1-11-13(10-16)7-4-8-14(11)19(17,18)15-9-12-5-2-3-6-12/h4,7-8,12,15-16H,2-3,5-6,9-10H2,1H3. The van der Waals surface area contributed by atoms with Crippen LogP contribution in [0.15, 0.2) is 23.1 Å². The number of rotatable bonds is 5. The van der Waals surface area contributed by atoms with Crippen molar-refractivity contribution < 1.29 is 13.5 Å². The van der Waals surface area contributed by atoms with Gasteiger partial charge in [-0.15, -0.1) is 0 Å². The van der Waals surface area contributed by atoms with Crippen molar-refractivity contribution in [3.8, 4) is 0 Å². The van der Waals surface area contributed by atoms with Gasteiger partial charge in [0.15, 0.2) is 0 Å². The highest BCUT2D eigenvalue weighted by Crippen LogP contribution is 2.25. The van der Waals surface area contributed by atoms with Gasteiger partial charge in [-0.1, -0.05) is 25.0 Å². The summed E-state index contributed by atoms with van der Waals surface area (Å²) in [4.78, 5) is 0.275. The van der Waals surface area contributed by atoms with Crippen LogP contribution in [0.5, 0.6) is 0 Å². The van der Waals surface area contributed by atoms with Crippen LogP contribution in [0.4, 0.5) is 0 Å². The molecule has 0 saturated heterocycles. The molecule has 2 rings (SSSR count). The topological polar surface area (TPSA) is 66.4 Å². The van der Waals surface area contributed by atoms with Crippen molar-refractivity contribution in [3.05, 3.63) is 29.3 Å². The Bertz CT molecular complexity index is 534. The van der Waals surface area contributed by atoms with Crippen molar-refractivity contribution in [1.29, 1.82) is 0 Å². The fourth-order valence-corrected chi connectivity index (χ4v) is 4.04. The van der Waals surface area contributed by atoms with Crippen molar-refractivity contribution in [1.82, 2.24) is 4.72 Å². The predicted octanol–water partition coefficient (Wildman–Crippen LogP) is 1.96. The van der Waals surface area contributed by atoms with Crippen LogP contribution >= 0.6 is 0 Å². The van der Waals surface area contributed by atoms with E-state index in [-0.39, 0.29) is 11.5 Å². The summed E-state index contributed by atoms with van der Waals surface area (Å²) in [6.45, 7) is 2.11. The Hall–Kier alpha value is -0.910. The lowest BCUT2D eigenvalue weighted by atomic mass is 10.1. The van der Waals surface area contributed by atoms with Crippen LogP contribution in [-0.2, 0) is 16.6 Å². The van der Waals surface area contributed by atoms with Crippen LogP contribution < -0.4 is 4.72 Å². The van der Waals surface area contributed by atoms with Gasteiger partial charge in [-0.05, 0) is 42.9 Å². The van der Waals surface area contributed by atoms with E-state index in [0.717, 1.165) is 12.8 Å². The third-order valence-corrected chi connectivity index (χ3v) is 5.46. The molecule has 5 heteroatoms. The number of benzene rings is 1. The zero-order valence-corrected chi connectivity index (χ0v) is 12.0. The van der Waals surface area contributed by atoms with Crippen LogP contribution in [0.3, 0.4) is 0 Å². The second-order valence-electron chi connectivity index (χ2n) is 5.20. The number of aliphatic hydroxyl groups is 1. The quantitative estimate of drug-likeness (QED) is 0.868. The number of hydrogen-bond acceptors (Lipinski definition) is 3. The third kappa shape index (κ3) is 3.35. The van der Waals surface area contributed by atoms with Crippen LogP contribution in [0.25, 0.3) is 0 Å². The fourth-order valence-electron chi connectivity index (χ4n) is 2.64. The van der Waals surface area contributed by atoms with Gasteiger partial charge in [0, 0.05) is 6.54 Å². The maximum Gasteiger partial charge on any atom is 0.240 e. The molecule has 19 heavy (non-hydrogen) atoms. The van der Waals surface area contributed by atoms with E-state index in [1.807, 2.05) is 0 Å². The summed E-state index contributed by atoms with van der Waals surface area (Å²) in [6, 6.07) is 5.00. The molecule has 2 N–H and O–H groups in total. The molecule has 0 aliphatic heterocycles. The summed E-state index contributed by atoms with van der Waals surface area (Å²) in [6.07, 6.45) is 4.62. The first-order valence-corrected chi connectivity index (χ1v) is 8.22. The molecule has 106 valence electrons. The molecule has 1 fully saturated rings. The minimum absolute atomic E-state index is 0.141. The molecule has 1 aliphatic carbocycles. The highest BCUT2D eigenvalue weighted by Gasteiger charge is 2.21. The van der Waals surface area contributed by atoms with Gasteiger partial charge in [0.25, 0.3) is 0 Å². The largest absolute Gasteiger partial charge is 0.392 e. The molecular weight excluding hydrogens is 262 g/mol. The van der Waals surface area contributed by atoms with E-state index in [1.54, 1.807) is 25.1 Å². The van der Waals surface area contributed by atoms with Crippen molar-refractivity contribution >= 4 is 10.0 Å². The van der Waals surface area contributed by atoms with Crippen LogP contribution in [0.2, 0.25) is 0 Å². The third-order valence-electron chi connectivity index (χ3n) is 3.89. The lowest BCUT2D eigenvalue weighted by Crippen LogP contribution is -2.29. The average molecular weight is 283 g/mol. The van der Waals surface area contributed by atoms with Crippen molar-refractivity contribution in [2.45, 2.75) is 44.1 Å². The van der Waals surface area contributed by atoms with Gasteiger partial charge in [-0.2, -0.15) is 0 Å². The Balaban J connectivity index is 2.14.